The van der Waals surface area contributed by atoms with Crippen LogP contribution in [0.3, 0.4) is 0 Å². The number of aromatic nitrogens is 2. The van der Waals surface area contributed by atoms with Crippen LogP contribution in [-0.4, -0.2) is 21.3 Å². The molecule has 3 N–H and O–H groups in total. The van der Waals surface area contributed by atoms with Crippen molar-refractivity contribution in [2.45, 2.75) is 6.04 Å². The Morgan fingerprint density at radius 1 is 1.60 bits per heavy atom. The number of aryl methyl sites for hydroxylation is 1. The van der Waals surface area contributed by atoms with Gasteiger partial charge in [0.1, 0.15) is 5.82 Å². The van der Waals surface area contributed by atoms with Gasteiger partial charge in [0, 0.05) is 7.05 Å². The van der Waals surface area contributed by atoms with Gasteiger partial charge in [-0.2, -0.15) is 0 Å². The standard InChI is InChI=1S/C10H12ClN3O/c1-14-9-6(11)3-2-4-8(9)13-10(14)7(12)5-15/h2-4,7,15H,5,12H2,1H3. The van der Waals surface area contributed by atoms with Gasteiger partial charge in [0.05, 0.1) is 28.7 Å². The molecule has 4 nitrogen and oxygen atoms in total. The highest BCUT2D eigenvalue weighted by molar-refractivity contribution is 6.35. The normalized spacial score (nSPS) is 13.3. The smallest absolute Gasteiger partial charge is 0.129 e. The van der Waals surface area contributed by atoms with Crippen LogP contribution in [0.5, 0.6) is 0 Å². The number of aliphatic hydroxyl groups excluding tert-OH is 1. The van der Waals surface area contributed by atoms with Crippen molar-refractivity contribution in [2.24, 2.45) is 12.8 Å². The second-order valence-electron chi connectivity index (χ2n) is 3.43. The first kappa shape index (κ1) is 10.4. The number of imidazole rings is 1. The van der Waals surface area contributed by atoms with Crippen LogP contribution in [0.15, 0.2) is 18.2 Å². The quantitative estimate of drug-likeness (QED) is 0.808. The van der Waals surface area contributed by atoms with E-state index < -0.39 is 6.04 Å². The summed E-state index contributed by atoms with van der Waals surface area (Å²) in [6.45, 7) is -0.130. The van der Waals surface area contributed by atoms with E-state index in [1.54, 1.807) is 6.07 Å². The molecule has 0 amide bonds. The summed E-state index contributed by atoms with van der Waals surface area (Å²) in [5.74, 6) is 0.639. The van der Waals surface area contributed by atoms with Crippen molar-refractivity contribution in [3.63, 3.8) is 0 Å². The minimum Gasteiger partial charge on any atom is -0.394 e. The molecule has 0 spiro atoms. The van der Waals surface area contributed by atoms with Gasteiger partial charge < -0.3 is 15.4 Å². The number of nitrogens with zero attached hydrogens (tertiary/aromatic N) is 2. The Kier molecular flexibility index (Phi) is 2.65. The maximum Gasteiger partial charge on any atom is 0.129 e. The molecule has 0 fully saturated rings. The minimum absolute atomic E-state index is 0.130. The van der Waals surface area contributed by atoms with Crippen LogP contribution in [0.25, 0.3) is 11.0 Å². The van der Waals surface area contributed by atoms with Gasteiger partial charge in [-0.25, -0.2) is 4.98 Å². The predicted octanol–water partition coefficient (Wildman–Crippen LogP) is 1.22. The second kappa shape index (κ2) is 3.81. The molecule has 80 valence electrons. The van der Waals surface area contributed by atoms with E-state index in [0.29, 0.717) is 10.8 Å². The number of hydrogen-bond acceptors (Lipinski definition) is 3. The van der Waals surface area contributed by atoms with Gasteiger partial charge >= 0.3 is 0 Å². The van der Waals surface area contributed by atoms with E-state index in [1.165, 1.54) is 0 Å². The lowest BCUT2D eigenvalue weighted by atomic mass is 10.3. The Hall–Kier alpha value is -1.10. The zero-order valence-corrected chi connectivity index (χ0v) is 9.07. The molecule has 0 aliphatic heterocycles. The third kappa shape index (κ3) is 1.61. The maximum absolute atomic E-state index is 9.00. The summed E-state index contributed by atoms with van der Waals surface area (Å²) < 4.78 is 1.82. The Balaban J connectivity index is 2.70. The molecular weight excluding hydrogens is 214 g/mol. The lowest BCUT2D eigenvalue weighted by Crippen LogP contribution is -2.18. The Morgan fingerprint density at radius 3 is 2.93 bits per heavy atom. The van der Waals surface area contributed by atoms with Crippen molar-refractivity contribution in [1.82, 2.24) is 9.55 Å². The van der Waals surface area contributed by atoms with Crippen LogP contribution in [0, 0.1) is 0 Å². The van der Waals surface area contributed by atoms with Gasteiger partial charge in [0.15, 0.2) is 0 Å². The van der Waals surface area contributed by atoms with E-state index in [4.69, 9.17) is 22.4 Å². The number of benzene rings is 1. The fourth-order valence-corrected chi connectivity index (χ4v) is 1.95. The van der Waals surface area contributed by atoms with Crippen molar-refractivity contribution < 1.29 is 5.11 Å². The zero-order valence-electron chi connectivity index (χ0n) is 8.31. The predicted molar refractivity (Wildman–Crippen MR) is 59.7 cm³/mol. The molecule has 0 radical (unpaired) electrons. The highest BCUT2D eigenvalue weighted by atomic mass is 35.5. The zero-order chi connectivity index (χ0) is 11.0. The molecule has 15 heavy (non-hydrogen) atoms. The average Bonchev–Trinajstić information content (AvgIpc) is 2.56. The van der Waals surface area contributed by atoms with Crippen LogP contribution >= 0.6 is 11.6 Å². The minimum atomic E-state index is -0.474. The molecule has 0 aliphatic rings. The number of nitrogens with two attached hydrogens (primary N) is 1. The SMILES string of the molecule is Cn1c(C(N)CO)nc2cccc(Cl)c21. The van der Waals surface area contributed by atoms with Crippen LogP contribution < -0.4 is 5.73 Å². The monoisotopic (exact) mass is 225 g/mol. The highest BCUT2D eigenvalue weighted by Crippen LogP contribution is 2.25. The third-order valence-corrected chi connectivity index (χ3v) is 2.71. The van der Waals surface area contributed by atoms with E-state index >= 15 is 0 Å². The molecule has 0 saturated heterocycles. The molecule has 1 unspecified atom stereocenters. The summed E-state index contributed by atoms with van der Waals surface area (Å²) >= 11 is 6.06. The van der Waals surface area contributed by atoms with Gasteiger partial charge in [0.2, 0.25) is 0 Å². The van der Waals surface area contributed by atoms with Crippen molar-refractivity contribution in [3.8, 4) is 0 Å². The fraction of sp³-hybridized carbons (Fsp3) is 0.300. The molecular formula is C10H12ClN3O. The van der Waals surface area contributed by atoms with Gasteiger partial charge in [-0.3, -0.25) is 0 Å². The second-order valence-corrected chi connectivity index (χ2v) is 3.83. The number of fused-ring (bicyclic) bond motifs is 1. The number of rotatable bonds is 2. The van der Waals surface area contributed by atoms with Gasteiger partial charge in [0.25, 0.3) is 0 Å². The molecule has 2 rings (SSSR count). The van der Waals surface area contributed by atoms with Crippen LogP contribution in [0.1, 0.15) is 11.9 Å². The Labute approximate surface area is 92.3 Å². The van der Waals surface area contributed by atoms with Gasteiger partial charge in [-0.1, -0.05) is 17.7 Å². The molecule has 0 aliphatic carbocycles. The molecule has 0 bridgehead atoms. The average molecular weight is 226 g/mol. The summed E-state index contributed by atoms with van der Waals surface area (Å²) in [6, 6.07) is 5.04. The lowest BCUT2D eigenvalue weighted by Gasteiger charge is -2.07. The van der Waals surface area contributed by atoms with Crippen LogP contribution in [-0.2, 0) is 7.05 Å². The fourth-order valence-electron chi connectivity index (χ4n) is 1.65. The number of aliphatic hydroxyl groups is 1. The number of para-hydroxylation sites is 1. The first-order valence-electron chi connectivity index (χ1n) is 4.62. The lowest BCUT2D eigenvalue weighted by molar-refractivity contribution is 0.262. The molecule has 5 heteroatoms. The highest BCUT2D eigenvalue weighted by Gasteiger charge is 2.15. The number of halogens is 1. The summed E-state index contributed by atoms with van der Waals surface area (Å²) in [7, 11) is 1.84. The van der Waals surface area contributed by atoms with Crippen molar-refractivity contribution >= 4 is 22.6 Å². The van der Waals surface area contributed by atoms with Crippen molar-refractivity contribution in [1.29, 1.82) is 0 Å². The first-order valence-corrected chi connectivity index (χ1v) is 5.00. The van der Waals surface area contributed by atoms with Crippen LogP contribution in [0.2, 0.25) is 5.02 Å². The van der Waals surface area contributed by atoms with E-state index in [-0.39, 0.29) is 6.61 Å². The van der Waals surface area contributed by atoms with Crippen molar-refractivity contribution in [3.05, 3.63) is 29.0 Å². The number of hydrogen-bond donors (Lipinski definition) is 2. The summed E-state index contributed by atoms with van der Waals surface area (Å²) in [5, 5.41) is 9.63. The van der Waals surface area contributed by atoms with Gasteiger partial charge in [-0.05, 0) is 12.1 Å². The Morgan fingerprint density at radius 2 is 2.33 bits per heavy atom. The van der Waals surface area contributed by atoms with E-state index in [9.17, 15) is 0 Å². The van der Waals surface area contributed by atoms with Crippen LogP contribution in [0.4, 0.5) is 0 Å². The van der Waals surface area contributed by atoms with Crippen molar-refractivity contribution in [2.75, 3.05) is 6.61 Å². The molecule has 2 aromatic rings. The van der Waals surface area contributed by atoms with E-state index in [0.717, 1.165) is 11.0 Å². The summed E-state index contributed by atoms with van der Waals surface area (Å²) in [6.07, 6.45) is 0. The molecule has 0 saturated carbocycles. The Bertz CT molecular complexity index is 495. The topological polar surface area (TPSA) is 64.1 Å². The largest absolute Gasteiger partial charge is 0.394 e. The van der Waals surface area contributed by atoms with Gasteiger partial charge in [-0.15, -0.1) is 0 Å². The summed E-state index contributed by atoms with van der Waals surface area (Å²) in [4.78, 5) is 4.34. The van der Waals surface area contributed by atoms with E-state index in [1.807, 2.05) is 23.7 Å². The molecule has 1 heterocycles. The first-order chi connectivity index (χ1) is 7.15. The van der Waals surface area contributed by atoms with E-state index in [2.05, 4.69) is 4.98 Å². The molecule has 1 aromatic heterocycles. The molecule has 1 aromatic carbocycles. The third-order valence-electron chi connectivity index (χ3n) is 2.41. The molecule has 1 atom stereocenters. The maximum atomic E-state index is 9.00. The summed E-state index contributed by atoms with van der Waals surface area (Å²) in [5.41, 5.74) is 7.37.